The summed E-state index contributed by atoms with van der Waals surface area (Å²) in [5.74, 6) is 0.299. The molecule has 0 amide bonds. The van der Waals surface area contributed by atoms with E-state index in [2.05, 4.69) is 18.8 Å². The van der Waals surface area contributed by atoms with E-state index in [1.807, 2.05) is 19.3 Å². The number of aromatic nitrogens is 2. The van der Waals surface area contributed by atoms with Crippen LogP contribution in [0.5, 0.6) is 0 Å². The van der Waals surface area contributed by atoms with Crippen molar-refractivity contribution < 1.29 is 9.57 Å². The van der Waals surface area contributed by atoms with Gasteiger partial charge in [0.05, 0.1) is 12.1 Å². The van der Waals surface area contributed by atoms with Crippen LogP contribution in [0.4, 0.5) is 0 Å². The van der Waals surface area contributed by atoms with Crippen molar-refractivity contribution in [3.63, 3.8) is 0 Å². The molecule has 2 atom stereocenters. The summed E-state index contributed by atoms with van der Waals surface area (Å²) in [6.07, 6.45) is 3.72. The molecular formula is C10H18N3OS+. The van der Waals surface area contributed by atoms with Crippen LogP contribution in [0.15, 0.2) is 12.4 Å². The normalized spacial score (nSPS) is 14.7. The van der Waals surface area contributed by atoms with Gasteiger partial charge in [-0.05, 0) is 6.92 Å². The number of hydrogen-bond acceptors (Lipinski definition) is 4. The smallest absolute Gasteiger partial charge is 0.256 e. The van der Waals surface area contributed by atoms with Crippen LogP contribution in [0.1, 0.15) is 31.2 Å². The van der Waals surface area contributed by atoms with E-state index in [0.29, 0.717) is 11.2 Å². The van der Waals surface area contributed by atoms with Crippen molar-refractivity contribution in [2.24, 2.45) is 5.14 Å². The van der Waals surface area contributed by atoms with Gasteiger partial charge in [-0.25, -0.2) is 4.98 Å². The Balaban J connectivity index is 3.02. The Bertz CT molecular complexity index is 332. The highest BCUT2D eigenvalue weighted by Crippen LogP contribution is 2.22. The second-order valence-electron chi connectivity index (χ2n) is 3.59. The maximum Gasteiger partial charge on any atom is 0.256 e. The molecule has 0 bridgehead atoms. The lowest BCUT2D eigenvalue weighted by Crippen LogP contribution is -2.46. The fraction of sp³-hybridized carbons (Fsp3) is 0.600. The van der Waals surface area contributed by atoms with Gasteiger partial charge in [0.1, 0.15) is 12.8 Å². The maximum absolute atomic E-state index is 5.58. The summed E-state index contributed by atoms with van der Waals surface area (Å²) >= 11 is 1.35. The molecule has 1 aromatic rings. The molecule has 1 aromatic heterocycles. The Morgan fingerprint density at radius 2 is 2.20 bits per heavy atom. The van der Waals surface area contributed by atoms with E-state index in [4.69, 9.17) is 9.98 Å². The number of nitrogens with zero attached hydrogens (tertiary/aromatic N) is 2. The van der Waals surface area contributed by atoms with Crippen LogP contribution in [0.2, 0.25) is 0 Å². The van der Waals surface area contributed by atoms with E-state index >= 15 is 0 Å². The standard InChI is InChI=1S/C10H18N3OS/c1-7-6-13(14-4)10(5-12-7)8(2)9(3)15-11/h5-6,8-9H,11H2,1-4H3/q+1. The van der Waals surface area contributed by atoms with E-state index in [1.165, 1.54) is 11.9 Å². The zero-order valence-corrected chi connectivity index (χ0v) is 10.4. The highest BCUT2D eigenvalue weighted by molar-refractivity contribution is 7.97. The zero-order valence-electron chi connectivity index (χ0n) is 9.60. The molecular weight excluding hydrogens is 210 g/mol. The number of aryl methyl sites for hydroxylation is 1. The fourth-order valence-corrected chi connectivity index (χ4v) is 1.71. The van der Waals surface area contributed by atoms with Crippen LogP contribution in [-0.4, -0.2) is 17.3 Å². The highest BCUT2D eigenvalue weighted by Gasteiger charge is 2.25. The molecule has 0 aliphatic heterocycles. The predicted molar refractivity (Wildman–Crippen MR) is 61.3 cm³/mol. The van der Waals surface area contributed by atoms with Crippen LogP contribution in [-0.2, 0) is 0 Å². The molecule has 84 valence electrons. The van der Waals surface area contributed by atoms with Crippen molar-refractivity contribution in [1.82, 2.24) is 4.98 Å². The first-order valence-corrected chi connectivity index (χ1v) is 5.82. The van der Waals surface area contributed by atoms with Crippen molar-refractivity contribution in [2.75, 3.05) is 7.11 Å². The van der Waals surface area contributed by atoms with Gasteiger partial charge in [0.15, 0.2) is 0 Å². The van der Waals surface area contributed by atoms with Gasteiger partial charge in [0, 0.05) is 9.98 Å². The molecule has 0 saturated heterocycles. The molecule has 1 heterocycles. The molecule has 0 aromatic carbocycles. The Morgan fingerprint density at radius 3 is 2.73 bits per heavy atom. The molecule has 0 radical (unpaired) electrons. The van der Waals surface area contributed by atoms with Gasteiger partial charge in [-0.3, -0.25) is 9.98 Å². The van der Waals surface area contributed by atoms with Crippen LogP contribution in [0, 0.1) is 6.92 Å². The van der Waals surface area contributed by atoms with Crippen LogP contribution >= 0.6 is 11.9 Å². The summed E-state index contributed by atoms with van der Waals surface area (Å²) in [4.78, 5) is 9.54. The summed E-state index contributed by atoms with van der Waals surface area (Å²) in [6, 6.07) is 0. The molecule has 1 rings (SSSR count). The fourth-order valence-electron chi connectivity index (χ4n) is 1.34. The SMILES string of the molecule is CO[n+]1cc(C)ncc1C(C)C(C)SN. The van der Waals surface area contributed by atoms with Gasteiger partial charge in [-0.15, -0.1) is 0 Å². The van der Waals surface area contributed by atoms with Crippen LogP contribution in [0.25, 0.3) is 0 Å². The second kappa shape index (κ2) is 5.32. The lowest BCUT2D eigenvalue weighted by Gasteiger charge is -2.14. The summed E-state index contributed by atoms with van der Waals surface area (Å²) < 4.78 is 1.75. The average molecular weight is 228 g/mol. The summed E-state index contributed by atoms with van der Waals surface area (Å²) in [6.45, 7) is 6.15. The third-order valence-corrected chi connectivity index (χ3v) is 3.38. The van der Waals surface area contributed by atoms with Crippen molar-refractivity contribution in [1.29, 1.82) is 0 Å². The Labute approximate surface area is 94.9 Å². The minimum Gasteiger partial charge on any atom is -0.278 e. The number of rotatable bonds is 4. The quantitative estimate of drug-likeness (QED) is 0.613. The minimum atomic E-state index is 0.299. The first kappa shape index (κ1) is 12.3. The molecule has 0 aliphatic carbocycles. The van der Waals surface area contributed by atoms with Crippen molar-refractivity contribution in [3.05, 3.63) is 23.8 Å². The molecule has 0 spiro atoms. The largest absolute Gasteiger partial charge is 0.278 e. The van der Waals surface area contributed by atoms with E-state index in [1.54, 1.807) is 11.8 Å². The van der Waals surface area contributed by atoms with Gasteiger partial charge in [0.2, 0.25) is 6.20 Å². The molecule has 0 saturated carbocycles. The predicted octanol–water partition coefficient (Wildman–Crippen LogP) is 0.835. The van der Waals surface area contributed by atoms with Gasteiger partial charge in [0.25, 0.3) is 5.69 Å². The lowest BCUT2D eigenvalue weighted by molar-refractivity contribution is -0.891. The van der Waals surface area contributed by atoms with Crippen LogP contribution < -0.4 is 14.7 Å². The highest BCUT2D eigenvalue weighted by atomic mass is 32.2. The summed E-state index contributed by atoms with van der Waals surface area (Å²) in [5, 5.41) is 5.91. The molecule has 0 fully saturated rings. The van der Waals surface area contributed by atoms with Gasteiger partial charge in [-0.1, -0.05) is 25.8 Å². The van der Waals surface area contributed by atoms with Gasteiger partial charge in [-0.2, -0.15) is 0 Å². The van der Waals surface area contributed by atoms with Gasteiger partial charge < -0.3 is 0 Å². The molecule has 4 nitrogen and oxygen atoms in total. The Morgan fingerprint density at radius 1 is 1.53 bits per heavy atom. The molecule has 2 unspecified atom stereocenters. The maximum atomic E-state index is 5.58. The average Bonchev–Trinajstić information content (AvgIpc) is 2.26. The number of nitrogens with two attached hydrogens (primary N) is 1. The third-order valence-electron chi connectivity index (χ3n) is 2.54. The van der Waals surface area contributed by atoms with Crippen molar-refractivity contribution in [3.8, 4) is 0 Å². The topological polar surface area (TPSA) is 52.0 Å². The van der Waals surface area contributed by atoms with Gasteiger partial charge >= 0.3 is 0 Å². The zero-order chi connectivity index (χ0) is 11.4. The third kappa shape index (κ3) is 2.82. The molecule has 0 aliphatic rings. The molecule has 5 heteroatoms. The molecule has 15 heavy (non-hydrogen) atoms. The van der Waals surface area contributed by atoms with Crippen molar-refractivity contribution >= 4 is 11.9 Å². The van der Waals surface area contributed by atoms with E-state index in [-0.39, 0.29) is 0 Å². The first-order valence-electron chi connectivity index (χ1n) is 4.88. The summed E-state index contributed by atoms with van der Waals surface area (Å²) in [7, 11) is 1.65. The first-order chi connectivity index (χ1) is 7.10. The molecule has 2 N–H and O–H groups in total. The Hall–Kier alpha value is -0.810. The lowest BCUT2D eigenvalue weighted by atomic mass is 10.1. The minimum absolute atomic E-state index is 0.299. The van der Waals surface area contributed by atoms with E-state index in [0.717, 1.165) is 11.4 Å². The van der Waals surface area contributed by atoms with E-state index in [9.17, 15) is 0 Å². The van der Waals surface area contributed by atoms with Crippen molar-refractivity contribution in [2.45, 2.75) is 31.9 Å². The Kier molecular flexibility index (Phi) is 4.35. The summed E-state index contributed by atoms with van der Waals surface area (Å²) in [5.41, 5.74) is 1.97. The number of hydrogen-bond donors (Lipinski definition) is 1. The van der Waals surface area contributed by atoms with E-state index < -0.39 is 0 Å². The second-order valence-corrected chi connectivity index (χ2v) is 4.61. The van der Waals surface area contributed by atoms with Crippen LogP contribution in [0.3, 0.4) is 0 Å². The monoisotopic (exact) mass is 228 g/mol.